The molecule has 14 heavy (non-hydrogen) atoms. The van der Waals surface area contributed by atoms with E-state index in [1.54, 1.807) is 6.08 Å². The topological polar surface area (TPSA) is 37.3 Å². The highest BCUT2D eigenvalue weighted by molar-refractivity contribution is 9.13. The normalized spacial score (nSPS) is 10.8. The standard InChI is InChI=1S/C10H8Br2O2/c1-6-4-7(2-3-9(13)14)10(12)8(11)5-6/h2-5H,1H3,(H,13,14)/b3-2+. The van der Waals surface area contributed by atoms with E-state index >= 15 is 0 Å². The molecule has 1 aromatic rings. The molecule has 0 saturated heterocycles. The lowest BCUT2D eigenvalue weighted by atomic mass is 10.1. The Morgan fingerprint density at radius 3 is 2.64 bits per heavy atom. The SMILES string of the molecule is Cc1cc(Br)c(Br)c(/C=C/C(=O)O)c1. The summed E-state index contributed by atoms with van der Waals surface area (Å²) in [5.41, 5.74) is 1.92. The molecule has 0 bridgehead atoms. The van der Waals surface area contributed by atoms with Gasteiger partial charge in [-0.25, -0.2) is 4.79 Å². The molecule has 0 saturated carbocycles. The van der Waals surface area contributed by atoms with E-state index in [1.807, 2.05) is 19.1 Å². The molecule has 74 valence electrons. The van der Waals surface area contributed by atoms with Gasteiger partial charge in [-0.2, -0.15) is 0 Å². The van der Waals surface area contributed by atoms with Crippen molar-refractivity contribution in [2.75, 3.05) is 0 Å². The molecule has 1 aromatic carbocycles. The van der Waals surface area contributed by atoms with Crippen molar-refractivity contribution in [1.29, 1.82) is 0 Å². The van der Waals surface area contributed by atoms with Gasteiger partial charge in [0.2, 0.25) is 0 Å². The number of hydrogen-bond acceptors (Lipinski definition) is 1. The first-order chi connectivity index (χ1) is 6.50. The van der Waals surface area contributed by atoms with Gasteiger partial charge in [-0.15, -0.1) is 0 Å². The Bertz CT molecular complexity index is 397. The highest BCUT2D eigenvalue weighted by Crippen LogP contribution is 2.29. The average Bonchev–Trinajstić information content (AvgIpc) is 2.08. The third-order valence-electron chi connectivity index (χ3n) is 1.61. The minimum atomic E-state index is -0.950. The maximum Gasteiger partial charge on any atom is 0.328 e. The molecule has 0 spiro atoms. The minimum absolute atomic E-state index is 0.847. The molecule has 0 radical (unpaired) electrons. The van der Waals surface area contributed by atoms with Crippen LogP contribution in [-0.4, -0.2) is 11.1 Å². The smallest absolute Gasteiger partial charge is 0.328 e. The second kappa shape index (κ2) is 4.75. The number of carboxylic acid groups (broad SMARTS) is 1. The van der Waals surface area contributed by atoms with E-state index in [4.69, 9.17) is 5.11 Å². The van der Waals surface area contributed by atoms with Crippen LogP contribution in [0.5, 0.6) is 0 Å². The zero-order valence-electron chi connectivity index (χ0n) is 7.42. The molecule has 1 rings (SSSR count). The lowest BCUT2D eigenvalue weighted by Gasteiger charge is -2.03. The van der Waals surface area contributed by atoms with Crippen LogP contribution in [-0.2, 0) is 4.79 Å². The summed E-state index contributed by atoms with van der Waals surface area (Å²) in [5, 5.41) is 8.49. The Morgan fingerprint density at radius 1 is 1.43 bits per heavy atom. The molecule has 0 amide bonds. The monoisotopic (exact) mass is 318 g/mol. The van der Waals surface area contributed by atoms with Gasteiger partial charge in [0.15, 0.2) is 0 Å². The Hall–Kier alpha value is -0.610. The summed E-state index contributed by atoms with van der Waals surface area (Å²) in [6, 6.07) is 3.87. The summed E-state index contributed by atoms with van der Waals surface area (Å²) in [7, 11) is 0. The molecular weight excluding hydrogens is 312 g/mol. The number of benzene rings is 1. The van der Waals surface area contributed by atoms with Crippen LogP contribution in [0.3, 0.4) is 0 Å². The van der Waals surface area contributed by atoms with E-state index in [9.17, 15) is 4.79 Å². The molecule has 0 heterocycles. The molecule has 0 unspecified atom stereocenters. The number of rotatable bonds is 2. The molecule has 4 heteroatoms. The van der Waals surface area contributed by atoms with Crippen LogP contribution < -0.4 is 0 Å². The van der Waals surface area contributed by atoms with Crippen LogP contribution in [0, 0.1) is 6.92 Å². The summed E-state index contributed by atoms with van der Waals surface area (Å²) in [6.45, 7) is 1.95. The summed E-state index contributed by atoms with van der Waals surface area (Å²) >= 11 is 6.75. The average molecular weight is 320 g/mol. The van der Waals surface area contributed by atoms with E-state index in [-0.39, 0.29) is 0 Å². The number of aryl methyl sites for hydroxylation is 1. The summed E-state index contributed by atoms with van der Waals surface area (Å²) < 4.78 is 1.78. The predicted octanol–water partition coefficient (Wildman–Crippen LogP) is 3.62. The zero-order chi connectivity index (χ0) is 10.7. The van der Waals surface area contributed by atoms with Gasteiger partial charge in [-0.05, 0) is 62.1 Å². The second-order valence-corrected chi connectivity index (χ2v) is 4.47. The first-order valence-electron chi connectivity index (χ1n) is 3.87. The van der Waals surface area contributed by atoms with Crippen molar-refractivity contribution >= 4 is 43.9 Å². The van der Waals surface area contributed by atoms with E-state index in [0.717, 1.165) is 26.1 Å². The second-order valence-electron chi connectivity index (χ2n) is 2.82. The molecule has 0 aliphatic carbocycles. The van der Waals surface area contributed by atoms with Gasteiger partial charge in [0.25, 0.3) is 0 Å². The molecular formula is C10H8Br2O2. The summed E-state index contributed by atoms with van der Waals surface area (Å²) in [4.78, 5) is 10.3. The van der Waals surface area contributed by atoms with Crippen LogP contribution in [0.1, 0.15) is 11.1 Å². The molecule has 0 aliphatic rings. The van der Waals surface area contributed by atoms with Gasteiger partial charge < -0.3 is 5.11 Å². The van der Waals surface area contributed by atoms with Crippen LogP contribution in [0.2, 0.25) is 0 Å². The predicted molar refractivity (Wildman–Crippen MR) is 63.2 cm³/mol. The van der Waals surface area contributed by atoms with Crippen LogP contribution in [0.4, 0.5) is 0 Å². The summed E-state index contributed by atoms with van der Waals surface area (Å²) in [5.74, 6) is -0.950. The Labute approximate surface area is 98.9 Å². The fraction of sp³-hybridized carbons (Fsp3) is 0.100. The fourth-order valence-electron chi connectivity index (χ4n) is 1.03. The molecule has 2 nitrogen and oxygen atoms in total. The van der Waals surface area contributed by atoms with Gasteiger partial charge in [-0.3, -0.25) is 0 Å². The highest BCUT2D eigenvalue weighted by Gasteiger charge is 2.02. The van der Waals surface area contributed by atoms with Crippen molar-refractivity contribution in [3.05, 3.63) is 38.3 Å². The van der Waals surface area contributed by atoms with Gasteiger partial charge in [0, 0.05) is 15.0 Å². The van der Waals surface area contributed by atoms with Crippen molar-refractivity contribution in [3.63, 3.8) is 0 Å². The third kappa shape index (κ3) is 2.96. The van der Waals surface area contributed by atoms with E-state index < -0.39 is 5.97 Å². The van der Waals surface area contributed by atoms with Crippen LogP contribution in [0.25, 0.3) is 6.08 Å². The number of carbonyl (C=O) groups is 1. The van der Waals surface area contributed by atoms with Gasteiger partial charge in [0.1, 0.15) is 0 Å². The zero-order valence-corrected chi connectivity index (χ0v) is 10.6. The Kier molecular flexibility index (Phi) is 3.89. The lowest BCUT2D eigenvalue weighted by Crippen LogP contribution is -1.87. The number of carboxylic acids is 1. The lowest BCUT2D eigenvalue weighted by molar-refractivity contribution is -0.131. The minimum Gasteiger partial charge on any atom is -0.478 e. The van der Waals surface area contributed by atoms with Crippen molar-refractivity contribution in [2.24, 2.45) is 0 Å². The van der Waals surface area contributed by atoms with E-state index in [1.165, 1.54) is 0 Å². The molecule has 0 aliphatic heterocycles. The first kappa shape index (κ1) is 11.5. The maximum atomic E-state index is 10.3. The third-order valence-corrected chi connectivity index (χ3v) is 3.65. The number of halogens is 2. The highest BCUT2D eigenvalue weighted by atomic mass is 79.9. The Balaban J connectivity index is 3.14. The first-order valence-corrected chi connectivity index (χ1v) is 5.46. The van der Waals surface area contributed by atoms with Gasteiger partial charge >= 0.3 is 5.97 Å². The fourth-order valence-corrected chi connectivity index (χ4v) is 1.98. The number of aliphatic carboxylic acids is 1. The van der Waals surface area contributed by atoms with Crippen molar-refractivity contribution in [2.45, 2.75) is 6.92 Å². The molecule has 0 aromatic heterocycles. The van der Waals surface area contributed by atoms with Crippen LogP contribution >= 0.6 is 31.9 Å². The van der Waals surface area contributed by atoms with Crippen molar-refractivity contribution in [1.82, 2.24) is 0 Å². The summed E-state index contributed by atoms with van der Waals surface area (Å²) in [6.07, 6.45) is 2.68. The molecule has 1 N–H and O–H groups in total. The van der Waals surface area contributed by atoms with Crippen molar-refractivity contribution in [3.8, 4) is 0 Å². The van der Waals surface area contributed by atoms with Crippen molar-refractivity contribution < 1.29 is 9.90 Å². The largest absolute Gasteiger partial charge is 0.478 e. The van der Waals surface area contributed by atoms with Gasteiger partial charge in [-0.1, -0.05) is 6.07 Å². The molecule has 0 fully saturated rings. The maximum absolute atomic E-state index is 10.3. The van der Waals surface area contributed by atoms with E-state index in [2.05, 4.69) is 31.9 Å². The Morgan fingerprint density at radius 2 is 2.07 bits per heavy atom. The van der Waals surface area contributed by atoms with Crippen LogP contribution in [0.15, 0.2) is 27.2 Å². The number of hydrogen-bond donors (Lipinski definition) is 1. The van der Waals surface area contributed by atoms with Gasteiger partial charge in [0.05, 0.1) is 0 Å². The quantitative estimate of drug-likeness (QED) is 0.845. The molecule has 0 atom stereocenters. The van der Waals surface area contributed by atoms with E-state index in [0.29, 0.717) is 0 Å².